The summed E-state index contributed by atoms with van der Waals surface area (Å²) in [5.41, 5.74) is 2.77. The summed E-state index contributed by atoms with van der Waals surface area (Å²) in [7, 11) is 0. The van der Waals surface area contributed by atoms with Crippen LogP contribution in [0.25, 0.3) is 0 Å². The van der Waals surface area contributed by atoms with Gasteiger partial charge in [0.25, 0.3) is 0 Å². The predicted octanol–water partition coefficient (Wildman–Crippen LogP) is 2.66. The molecule has 3 nitrogen and oxygen atoms in total. The topological polar surface area (TPSA) is 28.2 Å². The largest absolute Gasteiger partial charge is 0.311 e. The second kappa shape index (κ2) is 6.83. The van der Waals surface area contributed by atoms with E-state index in [0.29, 0.717) is 12.1 Å². The third kappa shape index (κ3) is 3.69. The Labute approximate surface area is 127 Å². The fourth-order valence-corrected chi connectivity index (χ4v) is 3.06. The van der Waals surface area contributed by atoms with Gasteiger partial charge >= 0.3 is 0 Å². The van der Waals surface area contributed by atoms with Crippen LogP contribution in [0.5, 0.6) is 0 Å². The zero-order valence-electron chi connectivity index (χ0n) is 12.6. The molecule has 0 spiro atoms. The molecule has 1 N–H and O–H groups in total. The Morgan fingerprint density at radius 3 is 2.67 bits per heavy atom. The van der Waals surface area contributed by atoms with Crippen molar-refractivity contribution in [3.8, 4) is 0 Å². The lowest BCUT2D eigenvalue weighted by Gasteiger charge is -2.39. The van der Waals surface area contributed by atoms with Crippen molar-refractivity contribution in [1.82, 2.24) is 15.2 Å². The Bertz CT molecular complexity index is 541. The summed E-state index contributed by atoms with van der Waals surface area (Å²) in [6, 6.07) is 16.1. The number of nitrogens with zero attached hydrogens (tertiary/aromatic N) is 2. The number of benzene rings is 1. The predicted molar refractivity (Wildman–Crippen MR) is 86.2 cm³/mol. The molecular weight excluding hydrogens is 258 g/mol. The fraction of sp³-hybridized carbons (Fsp3) is 0.389. The van der Waals surface area contributed by atoms with Gasteiger partial charge < -0.3 is 5.32 Å². The highest BCUT2D eigenvalue weighted by Gasteiger charge is 2.26. The third-order valence-corrected chi connectivity index (χ3v) is 4.23. The van der Waals surface area contributed by atoms with Gasteiger partial charge in [-0.3, -0.25) is 9.88 Å². The van der Waals surface area contributed by atoms with E-state index < -0.39 is 0 Å². The highest BCUT2D eigenvalue weighted by molar-refractivity contribution is 5.20. The van der Waals surface area contributed by atoms with Crippen LogP contribution in [0.3, 0.4) is 0 Å². The molecule has 0 aliphatic carbocycles. The Kier molecular flexibility index (Phi) is 4.63. The summed E-state index contributed by atoms with van der Waals surface area (Å²) in [5.74, 6) is 0. The van der Waals surface area contributed by atoms with Crippen LogP contribution in [0.1, 0.15) is 24.1 Å². The molecule has 110 valence electrons. The van der Waals surface area contributed by atoms with Crippen LogP contribution in [-0.4, -0.2) is 35.6 Å². The molecular formula is C18H23N3. The van der Waals surface area contributed by atoms with Crippen LogP contribution in [0.2, 0.25) is 0 Å². The van der Waals surface area contributed by atoms with Crippen molar-refractivity contribution in [2.24, 2.45) is 0 Å². The Balaban J connectivity index is 1.70. The van der Waals surface area contributed by atoms with Crippen molar-refractivity contribution < 1.29 is 0 Å². The average Bonchev–Trinajstić information content (AvgIpc) is 2.55. The van der Waals surface area contributed by atoms with E-state index in [-0.39, 0.29) is 0 Å². The Morgan fingerprint density at radius 1 is 1.14 bits per heavy atom. The van der Waals surface area contributed by atoms with Crippen molar-refractivity contribution in [2.45, 2.75) is 25.4 Å². The first-order valence-corrected chi connectivity index (χ1v) is 7.74. The van der Waals surface area contributed by atoms with Crippen molar-refractivity contribution in [2.75, 3.05) is 19.6 Å². The van der Waals surface area contributed by atoms with Crippen molar-refractivity contribution in [3.05, 3.63) is 66.0 Å². The first kappa shape index (κ1) is 14.2. The lowest BCUT2D eigenvalue weighted by molar-refractivity contribution is 0.137. The quantitative estimate of drug-likeness (QED) is 0.934. The van der Waals surface area contributed by atoms with E-state index in [1.807, 2.05) is 12.4 Å². The molecule has 1 aliphatic rings. The van der Waals surface area contributed by atoms with E-state index in [1.54, 1.807) is 0 Å². The van der Waals surface area contributed by atoms with Crippen molar-refractivity contribution in [1.29, 1.82) is 0 Å². The number of aromatic nitrogens is 1. The highest BCUT2D eigenvalue weighted by atomic mass is 15.2. The summed E-state index contributed by atoms with van der Waals surface area (Å²) in [6.07, 6.45) is 4.84. The lowest BCUT2D eigenvalue weighted by atomic mass is 10.0. The van der Waals surface area contributed by atoms with Gasteiger partial charge in [-0.15, -0.1) is 0 Å². The van der Waals surface area contributed by atoms with Gasteiger partial charge in [-0.25, -0.2) is 0 Å². The number of pyridine rings is 1. The maximum atomic E-state index is 4.09. The summed E-state index contributed by atoms with van der Waals surface area (Å²) in [6.45, 7) is 5.49. The van der Waals surface area contributed by atoms with Crippen molar-refractivity contribution >= 4 is 0 Å². The maximum absolute atomic E-state index is 4.09. The molecule has 0 amide bonds. The molecule has 2 heterocycles. The molecule has 1 saturated heterocycles. The number of rotatable bonds is 4. The van der Waals surface area contributed by atoms with Gasteiger partial charge in [-0.2, -0.15) is 0 Å². The van der Waals surface area contributed by atoms with Crippen molar-refractivity contribution in [3.63, 3.8) is 0 Å². The number of hydrogen-bond acceptors (Lipinski definition) is 3. The van der Waals surface area contributed by atoms with E-state index in [2.05, 4.69) is 64.6 Å². The van der Waals surface area contributed by atoms with Gasteiger partial charge in [-0.1, -0.05) is 30.3 Å². The third-order valence-electron chi connectivity index (χ3n) is 4.23. The minimum Gasteiger partial charge on any atom is -0.311 e. The minimum absolute atomic E-state index is 0.476. The second-order valence-electron chi connectivity index (χ2n) is 5.84. The molecule has 2 unspecified atom stereocenters. The first-order valence-electron chi connectivity index (χ1n) is 7.74. The average molecular weight is 281 g/mol. The molecule has 0 radical (unpaired) electrons. The molecule has 1 aromatic heterocycles. The molecule has 1 aromatic carbocycles. The van der Waals surface area contributed by atoms with Gasteiger partial charge in [0.1, 0.15) is 0 Å². The standard InChI is InChI=1S/C18H23N3/c1-15-14-21(12-9-16-7-10-19-11-8-16)18(13-20-15)17-5-3-2-4-6-17/h2-8,10-11,15,18,20H,9,12-14H2,1H3. The Morgan fingerprint density at radius 2 is 1.90 bits per heavy atom. The molecule has 0 saturated carbocycles. The molecule has 1 aliphatic heterocycles. The molecule has 3 rings (SSSR count). The normalized spacial score (nSPS) is 23.1. The van der Waals surface area contributed by atoms with Crippen LogP contribution in [-0.2, 0) is 6.42 Å². The minimum atomic E-state index is 0.476. The van der Waals surface area contributed by atoms with Crippen LogP contribution in [0.15, 0.2) is 54.9 Å². The SMILES string of the molecule is CC1CN(CCc2ccncc2)C(c2ccccc2)CN1. The van der Waals surface area contributed by atoms with Gasteiger partial charge in [-0.05, 0) is 36.6 Å². The molecule has 21 heavy (non-hydrogen) atoms. The smallest absolute Gasteiger partial charge is 0.0473 e. The zero-order chi connectivity index (χ0) is 14.5. The van der Waals surface area contributed by atoms with Gasteiger partial charge in [0.15, 0.2) is 0 Å². The van der Waals surface area contributed by atoms with E-state index in [1.165, 1.54) is 11.1 Å². The fourth-order valence-electron chi connectivity index (χ4n) is 3.06. The van der Waals surface area contributed by atoms with Crippen LogP contribution >= 0.6 is 0 Å². The summed E-state index contributed by atoms with van der Waals surface area (Å²) in [4.78, 5) is 6.70. The van der Waals surface area contributed by atoms with E-state index in [9.17, 15) is 0 Å². The highest BCUT2D eigenvalue weighted by Crippen LogP contribution is 2.23. The molecule has 3 heteroatoms. The summed E-state index contributed by atoms with van der Waals surface area (Å²) < 4.78 is 0. The number of piperazine rings is 1. The monoisotopic (exact) mass is 281 g/mol. The molecule has 2 aromatic rings. The van der Waals surface area contributed by atoms with E-state index in [0.717, 1.165) is 26.1 Å². The first-order chi connectivity index (χ1) is 10.3. The summed E-state index contributed by atoms with van der Waals surface area (Å²) in [5, 5.41) is 3.61. The summed E-state index contributed by atoms with van der Waals surface area (Å²) >= 11 is 0. The molecule has 1 fully saturated rings. The number of hydrogen-bond donors (Lipinski definition) is 1. The second-order valence-corrected chi connectivity index (χ2v) is 5.84. The van der Waals surface area contributed by atoms with E-state index in [4.69, 9.17) is 0 Å². The van der Waals surface area contributed by atoms with Crippen LogP contribution in [0, 0.1) is 0 Å². The van der Waals surface area contributed by atoms with Crippen LogP contribution < -0.4 is 5.32 Å². The maximum Gasteiger partial charge on any atom is 0.0473 e. The van der Waals surface area contributed by atoms with E-state index >= 15 is 0 Å². The van der Waals surface area contributed by atoms with Crippen LogP contribution in [0.4, 0.5) is 0 Å². The molecule has 2 atom stereocenters. The van der Waals surface area contributed by atoms with Gasteiger partial charge in [0, 0.05) is 44.1 Å². The zero-order valence-corrected chi connectivity index (χ0v) is 12.6. The number of nitrogens with one attached hydrogen (secondary N) is 1. The Hall–Kier alpha value is -1.71. The van der Waals surface area contributed by atoms with Gasteiger partial charge in [0.2, 0.25) is 0 Å². The molecule has 0 bridgehead atoms. The van der Waals surface area contributed by atoms with Gasteiger partial charge in [0.05, 0.1) is 0 Å². The lowest BCUT2D eigenvalue weighted by Crippen LogP contribution is -2.51.